The van der Waals surface area contributed by atoms with Crippen molar-refractivity contribution in [2.45, 2.75) is 11.8 Å². The van der Waals surface area contributed by atoms with Crippen LogP contribution in [0.25, 0.3) is 0 Å². The van der Waals surface area contributed by atoms with Crippen LogP contribution in [0.4, 0.5) is 11.4 Å². The van der Waals surface area contributed by atoms with Gasteiger partial charge in [0.25, 0.3) is 15.9 Å². The lowest BCUT2D eigenvalue weighted by molar-refractivity contribution is 0.0526. The van der Waals surface area contributed by atoms with Crippen LogP contribution in [0, 0.1) is 0 Å². The third-order valence-corrected chi connectivity index (χ3v) is 7.12. The molecule has 0 aliphatic carbocycles. The van der Waals surface area contributed by atoms with Crippen LogP contribution < -0.4 is 9.62 Å². The van der Waals surface area contributed by atoms with Crippen molar-refractivity contribution in [2.75, 3.05) is 23.3 Å². The SMILES string of the molecule is CCOC(=O)c1ccc(NC(=O)c2sccc2S(=O)(=O)N(C)c2ccccc2)cc1. The molecule has 0 unspecified atom stereocenters. The zero-order valence-corrected chi connectivity index (χ0v) is 18.0. The van der Waals surface area contributed by atoms with Crippen LogP contribution in [0.15, 0.2) is 70.9 Å². The Balaban J connectivity index is 1.81. The second kappa shape index (κ2) is 9.10. The average molecular weight is 445 g/mol. The molecule has 0 saturated carbocycles. The highest BCUT2D eigenvalue weighted by atomic mass is 32.2. The van der Waals surface area contributed by atoms with Crippen molar-refractivity contribution in [3.8, 4) is 0 Å². The van der Waals surface area contributed by atoms with Crippen molar-refractivity contribution in [2.24, 2.45) is 0 Å². The zero-order valence-electron chi connectivity index (χ0n) is 16.4. The predicted octanol–water partition coefficient (Wildman–Crippen LogP) is 4.00. The minimum atomic E-state index is -3.92. The van der Waals surface area contributed by atoms with Crippen molar-refractivity contribution in [3.63, 3.8) is 0 Å². The number of benzene rings is 2. The molecule has 3 aromatic rings. The molecule has 1 heterocycles. The van der Waals surface area contributed by atoms with E-state index in [1.807, 2.05) is 0 Å². The van der Waals surface area contributed by atoms with Crippen molar-refractivity contribution in [1.82, 2.24) is 0 Å². The van der Waals surface area contributed by atoms with Crippen LogP contribution in [0.3, 0.4) is 0 Å². The molecule has 3 rings (SSSR count). The number of ether oxygens (including phenoxy) is 1. The van der Waals surface area contributed by atoms with Gasteiger partial charge in [0, 0.05) is 12.7 Å². The molecule has 9 heteroatoms. The van der Waals surface area contributed by atoms with Crippen LogP contribution in [0.2, 0.25) is 0 Å². The predicted molar refractivity (Wildman–Crippen MR) is 117 cm³/mol. The summed E-state index contributed by atoms with van der Waals surface area (Å²) in [6, 6.07) is 16.2. The number of nitrogens with one attached hydrogen (secondary N) is 1. The minimum absolute atomic E-state index is 0.0699. The summed E-state index contributed by atoms with van der Waals surface area (Å²) in [5.74, 6) is -1.00. The molecule has 0 bridgehead atoms. The van der Waals surface area contributed by atoms with Gasteiger partial charge in [-0.3, -0.25) is 9.10 Å². The summed E-state index contributed by atoms with van der Waals surface area (Å²) in [5.41, 5.74) is 1.28. The summed E-state index contributed by atoms with van der Waals surface area (Å²) in [6.07, 6.45) is 0. The minimum Gasteiger partial charge on any atom is -0.462 e. The molecule has 0 spiro atoms. The summed E-state index contributed by atoms with van der Waals surface area (Å²) in [4.78, 5) is 24.5. The molecule has 1 amide bonds. The van der Waals surface area contributed by atoms with E-state index in [1.165, 1.54) is 25.2 Å². The molecule has 0 fully saturated rings. The van der Waals surface area contributed by atoms with Gasteiger partial charge in [-0.15, -0.1) is 11.3 Å². The second-order valence-corrected chi connectivity index (χ2v) is 9.03. The molecule has 0 aliphatic rings. The third kappa shape index (κ3) is 4.52. The molecule has 0 saturated heterocycles. The van der Waals surface area contributed by atoms with Gasteiger partial charge in [-0.25, -0.2) is 13.2 Å². The topological polar surface area (TPSA) is 92.8 Å². The van der Waals surface area contributed by atoms with E-state index < -0.39 is 21.9 Å². The van der Waals surface area contributed by atoms with E-state index in [1.54, 1.807) is 54.8 Å². The van der Waals surface area contributed by atoms with Crippen molar-refractivity contribution in [3.05, 3.63) is 76.5 Å². The molecular weight excluding hydrogens is 424 g/mol. The molecule has 0 aliphatic heterocycles. The number of hydrogen-bond acceptors (Lipinski definition) is 6. The molecular formula is C21H20N2O5S2. The van der Waals surface area contributed by atoms with Crippen LogP contribution in [0.1, 0.15) is 27.0 Å². The number of rotatable bonds is 7. The summed E-state index contributed by atoms with van der Waals surface area (Å²) in [6.45, 7) is 1.98. The molecule has 156 valence electrons. The van der Waals surface area contributed by atoms with E-state index in [0.29, 0.717) is 16.9 Å². The molecule has 0 atom stereocenters. The van der Waals surface area contributed by atoms with E-state index >= 15 is 0 Å². The first-order chi connectivity index (χ1) is 14.3. The number of carbonyl (C=O) groups is 2. The molecule has 1 N–H and O–H groups in total. The Labute approximate surface area is 179 Å². The first-order valence-electron chi connectivity index (χ1n) is 9.04. The number of anilines is 2. The van der Waals surface area contributed by atoms with Gasteiger partial charge in [-0.05, 0) is 54.8 Å². The summed E-state index contributed by atoms with van der Waals surface area (Å²) < 4.78 is 32.2. The van der Waals surface area contributed by atoms with Gasteiger partial charge in [0.05, 0.1) is 17.9 Å². The number of para-hydroxylation sites is 1. The lowest BCUT2D eigenvalue weighted by Gasteiger charge is -2.19. The molecule has 1 aromatic heterocycles. The van der Waals surface area contributed by atoms with E-state index in [4.69, 9.17) is 4.74 Å². The Morgan fingerprint density at radius 1 is 1.03 bits per heavy atom. The lowest BCUT2D eigenvalue weighted by Crippen LogP contribution is -2.28. The van der Waals surface area contributed by atoms with E-state index in [-0.39, 0.29) is 16.4 Å². The van der Waals surface area contributed by atoms with Gasteiger partial charge in [0.2, 0.25) is 0 Å². The van der Waals surface area contributed by atoms with Crippen LogP contribution >= 0.6 is 11.3 Å². The molecule has 7 nitrogen and oxygen atoms in total. The Morgan fingerprint density at radius 3 is 2.33 bits per heavy atom. The van der Waals surface area contributed by atoms with E-state index in [9.17, 15) is 18.0 Å². The normalized spacial score (nSPS) is 11.0. The smallest absolute Gasteiger partial charge is 0.338 e. The van der Waals surface area contributed by atoms with Gasteiger partial charge >= 0.3 is 5.97 Å². The molecule has 0 radical (unpaired) electrons. The fraction of sp³-hybridized carbons (Fsp3) is 0.143. The maximum absolute atomic E-state index is 13.1. The maximum atomic E-state index is 13.1. The number of thiophene rings is 1. The van der Waals surface area contributed by atoms with Crippen molar-refractivity contribution >= 4 is 44.6 Å². The van der Waals surface area contributed by atoms with Gasteiger partial charge in [-0.2, -0.15) is 0 Å². The average Bonchev–Trinajstić information content (AvgIpc) is 3.25. The van der Waals surface area contributed by atoms with Gasteiger partial charge < -0.3 is 10.1 Å². The quantitative estimate of drug-likeness (QED) is 0.556. The van der Waals surface area contributed by atoms with Crippen LogP contribution in [0.5, 0.6) is 0 Å². The van der Waals surface area contributed by atoms with Crippen LogP contribution in [-0.4, -0.2) is 33.9 Å². The lowest BCUT2D eigenvalue weighted by atomic mass is 10.2. The Kier molecular flexibility index (Phi) is 6.53. The Hall–Kier alpha value is -3.17. The Morgan fingerprint density at radius 2 is 1.70 bits per heavy atom. The fourth-order valence-electron chi connectivity index (χ4n) is 2.68. The second-order valence-electron chi connectivity index (χ2n) is 6.17. The summed E-state index contributed by atoms with van der Waals surface area (Å²) in [7, 11) is -2.48. The number of nitrogens with zero attached hydrogens (tertiary/aromatic N) is 1. The van der Waals surface area contributed by atoms with Crippen molar-refractivity contribution in [1.29, 1.82) is 0 Å². The van der Waals surface area contributed by atoms with Gasteiger partial charge in [0.15, 0.2) is 0 Å². The van der Waals surface area contributed by atoms with E-state index in [2.05, 4.69) is 5.32 Å². The zero-order chi connectivity index (χ0) is 21.7. The van der Waals surface area contributed by atoms with E-state index in [0.717, 1.165) is 15.6 Å². The monoisotopic (exact) mass is 444 g/mol. The standard InChI is InChI=1S/C21H20N2O5S2/c1-3-28-21(25)15-9-11-16(12-10-15)22-20(24)19-18(13-14-29-19)30(26,27)23(2)17-7-5-4-6-8-17/h4-14H,3H2,1-2H3,(H,22,24). The van der Waals surface area contributed by atoms with Gasteiger partial charge in [-0.1, -0.05) is 18.2 Å². The highest BCUT2D eigenvalue weighted by Gasteiger charge is 2.28. The molecule has 30 heavy (non-hydrogen) atoms. The summed E-state index contributed by atoms with van der Waals surface area (Å²) in [5, 5.41) is 4.23. The first kappa shape index (κ1) is 21.5. The largest absolute Gasteiger partial charge is 0.462 e. The number of hydrogen-bond donors (Lipinski definition) is 1. The number of esters is 1. The number of sulfonamides is 1. The fourth-order valence-corrected chi connectivity index (χ4v) is 5.17. The van der Waals surface area contributed by atoms with Crippen molar-refractivity contribution < 1.29 is 22.7 Å². The molecule has 2 aromatic carbocycles. The number of amides is 1. The maximum Gasteiger partial charge on any atom is 0.338 e. The first-order valence-corrected chi connectivity index (χ1v) is 11.4. The Bertz CT molecular complexity index is 1140. The van der Waals surface area contributed by atoms with Gasteiger partial charge in [0.1, 0.15) is 9.77 Å². The summed E-state index contributed by atoms with van der Waals surface area (Å²) >= 11 is 1.04. The van der Waals surface area contributed by atoms with Crippen LogP contribution in [-0.2, 0) is 14.8 Å². The third-order valence-electron chi connectivity index (χ3n) is 4.25. The highest BCUT2D eigenvalue weighted by Crippen LogP contribution is 2.28. The number of carbonyl (C=O) groups excluding carboxylic acids is 2. The highest BCUT2D eigenvalue weighted by molar-refractivity contribution is 7.93.